The number of anilines is 2. The second kappa shape index (κ2) is 9.65. The van der Waals surface area contributed by atoms with Gasteiger partial charge >= 0.3 is 14.2 Å². The van der Waals surface area contributed by atoms with Crippen LogP contribution < -0.4 is 26.3 Å². The predicted octanol–water partition coefficient (Wildman–Crippen LogP) is 2.32. The van der Waals surface area contributed by atoms with Gasteiger partial charge in [0, 0.05) is 28.7 Å². The number of carbonyl (C=O) groups excluding carboxylic acids is 2. The molecule has 9 nitrogen and oxygen atoms in total. The van der Waals surface area contributed by atoms with E-state index in [0.717, 1.165) is 22.3 Å². The van der Waals surface area contributed by atoms with Crippen LogP contribution in [0.2, 0.25) is 0 Å². The first-order valence-electron chi connectivity index (χ1n) is 12.8. The van der Waals surface area contributed by atoms with Gasteiger partial charge in [-0.1, -0.05) is 36.4 Å². The molecular formula is C29H22B2N2O7. The number of benzene rings is 4. The van der Waals surface area contributed by atoms with E-state index < -0.39 is 14.2 Å². The smallest absolute Gasteiger partial charge is 0.452 e. The molecule has 7 rings (SSSR count). The average molecular weight is 532 g/mol. The molecule has 2 amide bonds. The van der Waals surface area contributed by atoms with Gasteiger partial charge in [0.1, 0.15) is 0 Å². The lowest BCUT2D eigenvalue weighted by atomic mass is 9.79. The molecule has 0 atom stereocenters. The molecule has 3 heterocycles. The Morgan fingerprint density at radius 2 is 1.12 bits per heavy atom. The fourth-order valence-electron chi connectivity index (χ4n) is 5.29. The number of carbonyl (C=O) groups is 2. The minimum absolute atomic E-state index is 0.305. The van der Waals surface area contributed by atoms with E-state index >= 15 is 0 Å². The third-order valence-corrected chi connectivity index (χ3v) is 7.42. The van der Waals surface area contributed by atoms with Gasteiger partial charge in [0.15, 0.2) is 11.5 Å². The molecule has 0 bridgehead atoms. The normalized spacial score (nSPS) is 14.6. The SMILES string of the molecule is O=C(Nc1cccc2c1Oc1c(cccc1NC(=O)c1ccc3c(c1)B(O)OC3)C2)c1ccc2c(c1)B(O)OC2. The quantitative estimate of drug-likeness (QED) is 0.262. The molecule has 3 aliphatic heterocycles. The number of hydrogen-bond donors (Lipinski definition) is 4. The number of hydrogen-bond acceptors (Lipinski definition) is 7. The van der Waals surface area contributed by atoms with Crippen LogP contribution in [0.3, 0.4) is 0 Å². The van der Waals surface area contributed by atoms with Crippen molar-refractivity contribution in [3.05, 3.63) is 106 Å². The summed E-state index contributed by atoms with van der Waals surface area (Å²) in [5, 5.41) is 25.9. The molecule has 0 saturated carbocycles. The number of fused-ring (bicyclic) bond motifs is 4. The van der Waals surface area contributed by atoms with Crippen LogP contribution in [0.15, 0.2) is 72.8 Å². The molecule has 0 spiro atoms. The van der Waals surface area contributed by atoms with Crippen LogP contribution in [0.4, 0.5) is 11.4 Å². The first-order chi connectivity index (χ1) is 19.4. The molecule has 0 radical (unpaired) electrons. The summed E-state index contributed by atoms with van der Waals surface area (Å²) in [4.78, 5) is 26.3. The maximum absolute atomic E-state index is 13.2. The van der Waals surface area contributed by atoms with Crippen molar-refractivity contribution in [2.24, 2.45) is 0 Å². The third kappa shape index (κ3) is 4.25. The maximum Gasteiger partial charge on any atom is 0.491 e. The van der Waals surface area contributed by atoms with Gasteiger partial charge in [-0.2, -0.15) is 0 Å². The lowest BCUT2D eigenvalue weighted by Gasteiger charge is -2.25. The number of ether oxygens (including phenoxy) is 1. The van der Waals surface area contributed by atoms with Crippen molar-refractivity contribution in [1.82, 2.24) is 0 Å². The van der Waals surface area contributed by atoms with Crippen molar-refractivity contribution in [2.75, 3.05) is 10.6 Å². The number of amides is 2. The van der Waals surface area contributed by atoms with Gasteiger partial charge in [0.25, 0.3) is 11.8 Å². The van der Waals surface area contributed by atoms with E-state index in [4.69, 9.17) is 14.0 Å². The minimum atomic E-state index is -1.05. The van der Waals surface area contributed by atoms with Crippen LogP contribution in [0.1, 0.15) is 43.0 Å². The van der Waals surface area contributed by atoms with E-state index in [1.165, 1.54) is 0 Å². The number of para-hydroxylation sites is 2. The summed E-state index contributed by atoms with van der Waals surface area (Å²) >= 11 is 0. The summed E-state index contributed by atoms with van der Waals surface area (Å²) in [6.45, 7) is 0.610. The summed E-state index contributed by atoms with van der Waals surface area (Å²) in [5.41, 5.74) is 6.37. The zero-order chi connectivity index (χ0) is 27.4. The average Bonchev–Trinajstić information content (AvgIpc) is 3.53. The Balaban J connectivity index is 1.14. The molecule has 196 valence electrons. The van der Waals surface area contributed by atoms with E-state index in [-0.39, 0.29) is 11.8 Å². The first kappa shape index (κ1) is 24.6. The van der Waals surface area contributed by atoms with Crippen LogP contribution in [-0.4, -0.2) is 36.1 Å². The molecule has 0 aromatic heterocycles. The summed E-state index contributed by atoms with van der Waals surface area (Å²) in [5.74, 6) is 0.280. The van der Waals surface area contributed by atoms with E-state index in [2.05, 4.69) is 10.6 Å². The first-order valence-corrected chi connectivity index (χ1v) is 12.8. The molecule has 0 saturated heterocycles. The van der Waals surface area contributed by atoms with Gasteiger partial charge in [-0.3, -0.25) is 9.59 Å². The van der Waals surface area contributed by atoms with Crippen LogP contribution in [0, 0.1) is 0 Å². The van der Waals surface area contributed by atoms with Gasteiger partial charge in [-0.15, -0.1) is 0 Å². The minimum Gasteiger partial charge on any atom is -0.452 e. The molecule has 40 heavy (non-hydrogen) atoms. The summed E-state index contributed by atoms with van der Waals surface area (Å²) < 4.78 is 16.8. The van der Waals surface area contributed by atoms with Crippen molar-refractivity contribution in [2.45, 2.75) is 19.6 Å². The van der Waals surface area contributed by atoms with Gasteiger partial charge in [-0.05, 0) is 58.5 Å². The topological polar surface area (TPSA) is 126 Å². The lowest BCUT2D eigenvalue weighted by Crippen LogP contribution is -2.29. The van der Waals surface area contributed by atoms with Crippen molar-refractivity contribution in [3.8, 4) is 11.5 Å². The highest BCUT2D eigenvalue weighted by Gasteiger charge is 2.30. The molecule has 0 fully saturated rings. The lowest BCUT2D eigenvalue weighted by molar-refractivity contribution is 0.101. The van der Waals surface area contributed by atoms with Gasteiger partial charge in [-0.25, -0.2) is 0 Å². The zero-order valence-corrected chi connectivity index (χ0v) is 21.1. The summed E-state index contributed by atoms with van der Waals surface area (Å²) in [7, 11) is -2.09. The Hall–Kier alpha value is -4.41. The van der Waals surface area contributed by atoms with Crippen molar-refractivity contribution >= 4 is 48.4 Å². The van der Waals surface area contributed by atoms with Gasteiger partial charge in [0.05, 0.1) is 24.6 Å². The Kier molecular flexibility index (Phi) is 5.94. The maximum atomic E-state index is 13.2. The highest BCUT2D eigenvalue weighted by atomic mass is 16.5. The third-order valence-electron chi connectivity index (χ3n) is 7.42. The molecule has 3 aliphatic rings. The van der Waals surface area contributed by atoms with E-state index in [1.807, 2.05) is 24.3 Å². The van der Waals surface area contributed by atoms with E-state index in [9.17, 15) is 19.6 Å². The number of nitrogens with one attached hydrogen (secondary N) is 2. The van der Waals surface area contributed by atoms with Crippen molar-refractivity contribution in [3.63, 3.8) is 0 Å². The fraction of sp³-hybridized carbons (Fsp3) is 0.103. The standard InChI is InChI=1S/C29H22B2N2O7/c34-28(18-7-9-20-14-38-30(36)22(20)12-18)32-24-5-1-3-16-11-17-4-2-6-25(27(17)40-26(16)24)33-29(35)19-8-10-21-15-39-31(37)23(21)13-19/h1-10,12-13,36-37H,11,14-15H2,(H,32,34)(H,33,35). The highest BCUT2D eigenvalue weighted by Crippen LogP contribution is 2.44. The second-order valence-electron chi connectivity index (χ2n) is 9.93. The molecule has 4 aromatic carbocycles. The highest BCUT2D eigenvalue weighted by molar-refractivity contribution is 6.62. The Bertz CT molecular complexity index is 1590. The monoisotopic (exact) mass is 532 g/mol. The predicted molar refractivity (Wildman–Crippen MR) is 149 cm³/mol. The Labute approximate surface area is 230 Å². The molecular weight excluding hydrogens is 510 g/mol. The van der Waals surface area contributed by atoms with Crippen LogP contribution in [0.25, 0.3) is 0 Å². The van der Waals surface area contributed by atoms with Gasteiger partial charge < -0.3 is 34.7 Å². The second-order valence-corrected chi connectivity index (χ2v) is 9.93. The van der Waals surface area contributed by atoms with E-state index in [0.29, 0.717) is 64.6 Å². The van der Waals surface area contributed by atoms with Crippen LogP contribution >= 0.6 is 0 Å². The summed E-state index contributed by atoms with van der Waals surface area (Å²) in [6.07, 6.45) is 0.544. The van der Waals surface area contributed by atoms with Gasteiger partial charge in [0.2, 0.25) is 0 Å². The van der Waals surface area contributed by atoms with Crippen molar-refractivity contribution < 1.29 is 33.7 Å². The molecule has 0 aliphatic carbocycles. The fourth-order valence-corrected chi connectivity index (χ4v) is 5.29. The molecule has 11 heteroatoms. The Morgan fingerprint density at radius 3 is 1.60 bits per heavy atom. The van der Waals surface area contributed by atoms with Crippen molar-refractivity contribution in [1.29, 1.82) is 0 Å². The van der Waals surface area contributed by atoms with E-state index in [1.54, 1.807) is 48.5 Å². The molecule has 4 aromatic rings. The van der Waals surface area contributed by atoms with Crippen LogP contribution in [-0.2, 0) is 28.9 Å². The molecule has 0 unspecified atom stereocenters. The largest absolute Gasteiger partial charge is 0.491 e. The summed E-state index contributed by atoms with van der Waals surface area (Å²) in [6, 6.07) is 21.3. The van der Waals surface area contributed by atoms with Crippen LogP contribution in [0.5, 0.6) is 11.5 Å². The Morgan fingerprint density at radius 1 is 0.650 bits per heavy atom. The zero-order valence-electron chi connectivity index (χ0n) is 21.1. The number of rotatable bonds is 4. The molecule has 4 N–H and O–H groups in total.